The Kier molecular flexibility index (Phi) is 4.94. The number of phenolic OH excluding ortho intramolecular Hbond substituents is 1. The van der Waals surface area contributed by atoms with Crippen LogP contribution in [0, 0.1) is 0 Å². The number of nitrogens with one attached hydrogen (secondary N) is 1. The van der Waals surface area contributed by atoms with Crippen molar-refractivity contribution < 1.29 is 19.1 Å². The summed E-state index contributed by atoms with van der Waals surface area (Å²) in [6, 6.07) is 17.5. The van der Waals surface area contributed by atoms with Gasteiger partial charge < -0.3 is 14.3 Å². The van der Waals surface area contributed by atoms with E-state index < -0.39 is 5.91 Å². The second-order valence-corrected chi connectivity index (χ2v) is 6.15. The van der Waals surface area contributed by atoms with E-state index in [0.29, 0.717) is 39.2 Å². The number of phenols is 1. The van der Waals surface area contributed by atoms with Gasteiger partial charge in [0, 0.05) is 10.9 Å². The largest absolute Gasteiger partial charge is 0.504 e. The summed E-state index contributed by atoms with van der Waals surface area (Å²) >= 11 is 0. The highest BCUT2D eigenvalue weighted by Gasteiger charge is 2.14. The number of aromatic hydroxyl groups is 1. The predicted octanol–water partition coefficient (Wildman–Crippen LogP) is 3.97. The molecule has 0 fully saturated rings. The maximum atomic E-state index is 12.8. The number of methoxy groups -OCH3 is 1. The zero-order valence-electron chi connectivity index (χ0n) is 15.5. The number of carbonyl (C=O) groups excluding carboxylic acids is 1. The van der Waals surface area contributed by atoms with Crippen molar-refractivity contribution >= 4 is 23.0 Å². The van der Waals surface area contributed by atoms with Crippen LogP contribution in [0.2, 0.25) is 0 Å². The first-order valence-corrected chi connectivity index (χ1v) is 8.80. The molecule has 0 atom stereocenters. The number of fused-ring (bicyclic) bond motifs is 1. The van der Waals surface area contributed by atoms with Gasteiger partial charge in [-0.25, -0.2) is 10.4 Å². The Morgan fingerprint density at radius 3 is 2.83 bits per heavy atom. The number of nitrogens with zero attached hydrogens (tertiary/aromatic N) is 2. The van der Waals surface area contributed by atoms with Crippen molar-refractivity contribution in [2.45, 2.75) is 0 Å². The van der Waals surface area contributed by atoms with Crippen LogP contribution in [-0.4, -0.2) is 29.3 Å². The number of aromatic nitrogens is 1. The Labute approximate surface area is 166 Å². The molecule has 2 heterocycles. The van der Waals surface area contributed by atoms with Gasteiger partial charge in [-0.3, -0.25) is 4.79 Å². The molecule has 0 aliphatic heterocycles. The van der Waals surface area contributed by atoms with Crippen LogP contribution in [0.4, 0.5) is 0 Å². The van der Waals surface area contributed by atoms with Crippen molar-refractivity contribution in [3.8, 4) is 23.0 Å². The molecule has 0 aliphatic rings. The highest BCUT2D eigenvalue weighted by Crippen LogP contribution is 2.28. The summed E-state index contributed by atoms with van der Waals surface area (Å²) in [5, 5.41) is 14.8. The normalized spacial score (nSPS) is 11.1. The Morgan fingerprint density at radius 1 is 1.17 bits per heavy atom. The SMILES string of the molecule is COc1cccc(C=NNC(=O)c2cc(-c3ccco3)nc3ccccc23)c1O. The minimum absolute atomic E-state index is 0.0533. The Hall–Kier alpha value is -4.13. The number of rotatable bonds is 5. The van der Waals surface area contributed by atoms with Crippen LogP contribution in [-0.2, 0) is 0 Å². The summed E-state index contributed by atoms with van der Waals surface area (Å²) in [7, 11) is 1.46. The van der Waals surface area contributed by atoms with Gasteiger partial charge in [-0.05, 0) is 36.4 Å². The number of hydrogen-bond acceptors (Lipinski definition) is 6. The number of amides is 1. The quantitative estimate of drug-likeness (QED) is 0.399. The first kappa shape index (κ1) is 18.2. The maximum absolute atomic E-state index is 12.8. The summed E-state index contributed by atoms with van der Waals surface area (Å²) < 4.78 is 10.5. The van der Waals surface area contributed by atoms with E-state index in [2.05, 4.69) is 15.5 Å². The standard InChI is InChI=1S/C22H17N3O4/c1-28-20-9-4-6-14(21(20)26)13-23-25-22(27)16-12-18(19-10-5-11-29-19)24-17-8-3-2-7-15(16)17/h2-13,26H,1H3,(H,25,27). The molecule has 7 nitrogen and oxygen atoms in total. The summed E-state index contributed by atoms with van der Waals surface area (Å²) in [6.07, 6.45) is 2.91. The van der Waals surface area contributed by atoms with Crippen molar-refractivity contribution in [1.82, 2.24) is 10.4 Å². The molecular formula is C22H17N3O4. The predicted molar refractivity (Wildman–Crippen MR) is 109 cm³/mol. The molecule has 2 N–H and O–H groups in total. The van der Waals surface area contributed by atoms with Gasteiger partial charge in [0.2, 0.25) is 0 Å². The molecule has 4 rings (SSSR count). The number of carbonyl (C=O) groups is 1. The van der Waals surface area contributed by atoms with Crippen LogP contribution in [0.25, 0.3) is 22.4 Å². The fraction of sp³-hybridized carbons (Fsp3) is 0.0455. The van der Waals surface area contributed by atoms with Gasteiger partial charge in [-0.2, -0.15) is 5.10 Å². The molecular weight excluding hydrogens is 370 g/mol. The van der Waals surface area contributed by atoms with E-state index in [4.69, 9.17) is 9.15 Å². The molecule has 1 amide bonds. The van der Waals surface area contributed by atoms with Gasteiger partial charge in [-0.15, -0.1) is 0 Å². The molecule has 144 valence electrons. The van der Waals surface area contributed by atoms with E-state index in [-0.39, 0.29) is 5.75 Å². The smallest absolute Gasteiger partial charge is 0.272 e. The van der Waals surface area contributed by atoms with Crippen LogP contribution in [0.1, 0.15) is 15.9 Å². The second-order valence-electron chi connectivity index (χ2n) is 6.15. The van der Waals surface area contributed by atoms with Gasteiger partial charge in [0.1, 0.15) is 5.69 Å². The fourth-order valence-electron chi connectivity index (χ4n) is 2.94. The summed E-state index contributed by atoms with van der Waals surface area (Å²) in [5.74, 6) is 0.426. The van der Waals surface area contributed by atoms with E-state index in [0.717, 1.165) is 0 Å². The van der Waals surface area contributed by atoms with E-state index in [1.165, 1.54) is 13.3 Å². The van der Waals surface area contributed by atoms with Crippen molar-refractivity contribution in [3.63, 3.8) is 0 Å². The van der Waals surface area contributed by atoms with Gasteiger partial charge >= 0.3 is 0 Å². The average molecular weight is 387 g/mol. The number of ether oxygens (including phenoxy) is 1. The Bertz CT molecular complexity index is 1200. The highest BCUT2D eigenvalue weighted by atomic mass is 16.5. The van der Waals surface area contributed by atoms with Gasteiger partial charge in [-0.1, -0.05) is 24.3 Å². The maximum Gasteiger partial charge on any atom is 0.272 e. The van der Waals surface area contributed by atoms with Crippen molar-refractivity contribution in [2.24, 2.45) is 5.10 Å². The first-order valence-electron chi connectivity index (χ1n) is 8.80. The fourth-order valence-corrected chi connectivity index (χ4v) is 2.94. The summed E-state index contributed by atoms with van der Waals surface area (Å²) in [6.45, 7) is 0. The van der Waals surface area contributed by atoms with Crippen LogP contribution >= 0.6 is 0 Å². The topological polar surface area (TPSA) is 97.0 Å². The number of hydrazone groups is 1. The third-order valence-corrected chi connectivity index (χ3v) is 4.35. The van der Waals surface area contributed by atoms with E-state index in [1.807, 2.05) is 24.3 Å². The van der Waals surface area contributed by atoms with Crippen LogP contribution < -0.4 is 10.2 Å². The molecule has 0 saturated carbocycles. The third kappa shape index (κ3) is 3.66. The number of benzene rings is 2. The number of hydrogen-bond donors (Lipinski definition) is 2. The van der Waals surface area contributed by atoms with Gasteiger partial charge in [0.25, 0.3) is 5.91 Å². The minimum Gasteiger partial charge on any atom is -0.504 e. The lowest BCUT2D eigenvalue weighted by atomic mass is 10.1. The van der Waals surface area contributed by atoms with Crippen LogP contribution in [0.3, 0.4) is 0 Å². The summed E-state index contributed by atoms with van der Waals surface area (Å²) in [4.78, 5) is 17.4. The molecule has 0 bridgehead atoms. The summed E-state index contributed by atoms with van der Waals surface area (Å²) in [5.41, 5.74) is 4.54. The number of furan rings is 1. The molecule has 2 aromatic heterocycles. The molecule has 0 radical (unpaired) electrons. The zero-order chi connectivity index (χ0) is 20.2. The molecule has 29 heavy (non-hydrogen) atoms. The molecule has 0 aliphatic carbocycles. The lowest BCUT2D eigenvalue weighted by Gasteiger charge is -2.08. The van der Waals surface area contributed by atoms with Crippen molar-refractivity contribution in [1.29, 1.82) is 0 Å². The molecule has 0 saturated heterocycles. The van der Waals surface area contributed by atoms with E-state index in [9.17, 15) is 9.90 Å². The molecule has 7 heteroatoms. The van der Waals surface area contributed by atoms with Crippen LogP contribution in [0.5, 0.6) is 11.5 Å². The lowest BCUT2D eigenvalue weighted by Crippen LogP contribution is -2.18. The molecule has 4 aromatic rings. The monoisotopic (exact) mass is 387 g/mol. The third-order valence-electron chi connectivity index (χ3n) is 4.35. The second kappa shape index (κ2) is 7.85. The zero-order valence-corrected chi connectivity index (χ0v) is 15.5. The van der Waals surface area contributed by atoms with Gasteiger partial charge in [0.05, 0.1) is 30.7 Å². The first-order chi connectivity index (χ1) is 14.2. The molecule has 0 unspecified atom stereocenters. The van der Waals surface area contributed by atoms with Crippen molar-refractivity contribution in [2.75, 3.05) is 7.11 Å². The Morgan fingerprint density at radius 2 is 2.03 bits per heavy atom. The number of pyridine rings is 1. The molecule has 2 aromatic carbocycles. The van der Waals surface area contributed by atoms with Crippen LogP contribution in [0.15, 0.2) is 76.4 Å². The highest BCUT2D eigenvalue weighted by molar-refractivity contribution is 6.07. The van der Waals surface area contributed by atoms with Gasteiger partial charge in [0.15, 0.2) is 17.3 Å². The Balaban J connectivity index is 1.65. The average Bonchev–Trinajstić information content (AvgIpc) is 3.29. The van der Waals surface area contributed by atoms with E-state index in [1.54, 1.807) is 42.7 Å². The minimum atomic E-state index is -0.407. The lowest BCUT2D eigenvalue weighted by molar-refractivity contribution is 0.0956. The number of para-hydroxylation sites is 2. The van der Waals surface area contributed by atoms with Crippen molar-refractivity contribution in [3.05, 3.63) is 78.1 Å². The van der Waals surface area contributed by atoms with E-state index >= 15 is 0 Å². The molecule has 0 spiro atoms.